The van der Waals surface area contributed by atoms with Gasteiger partial charge in [0.15, 0.2) is 5.82 Å². The van der Waals surface area contributed by atoms with Gasteiger partial charge >= 0.3 is 12.1 Å². The SMILES string of the molecule is CC(C(=O)O)N(C)C(=O)c1cc(NC(=O)OCC2c3ccccc3-c3ccccc32)nn1C. The molecule has 1 atom stereocenters. The van der Waals surface area contributed by atoms with Gasteiger partial charge in [0.1, 0.15) is 18.3 Å². The van der Waals surface area contributed by atoms with Gasteiger partial charge in [-0.3, -0.25) is 14.8 Å². The molecule has 0 saturated carbocycles. The second-order valence-electron chi connectivity index (χ2n) is 7.92. The number of anilines is 1. The fraction of sp³-hybridized carbons (Fsp3) is 0.250. The maximum absolute atomic E-state index is 12.6. The normalized spacial score (nSPS) is 13.1. The fourth-order valence-electron chi connectivity index (χ4n) is 3.99. The van der Waals surface area contributed by atoms with Crippen LogP contribution in [0.5, 0.6) is 0 Å². The molecule has 1 aliphatic rings. The van der Waals surface area contributed by atoms with Crippen LogP contribution in [0.4, 0.5) is 10.6 Å². The van der Waals surface area contributed by atoms with E-state index < -0.39 is 24.0 Å². The van der Waals surface area contributed by atoms with E-state index in [2.05, 4.69) is 22.5 Å². The van der Waals surface area contributed by atoms with Crippen molar-refractivity contribution >= 4 is 23.8 Å². The number of likely N-dealkylation sites (N-methyl/N-ethyl adjacent to an activating group) is 1. The molecule has 2 amide bonds. The second kappa shape index (κ2) is 8.78. The molecule has 2 N–H and O–H groups in total. The first kappa shape index (κ1) is 22.1. The summed E-state index contributed by atoms with van der Waals surface area (Å²) in [6.45, 7) is 1.56. The van der Waals surface area contributed by atoms with E-state index in [1.807, 2.05) is 36.4 Å². The van der Waals surface area contributed by atoms with Crippen molar-refractivity contribution in [2.24, 2.45) is 7.05 Å². The largest absolute Gasteiger partial charge is 0.480 e. The Morgan fingerprint density at radius 2 is 1.70 bits per heavy atom. The van der Waals surface area contributed by atoms with Crippen LogP contribution in [0.1, 0.15) is 34.5 Å². The van der Waals surface area contributed by atoms with Crippen LogP contribution >= 0.6 is 0 Å². The smallest absolute Gasteiger partial charge is 0.412 e. The highest BCUT2D eigenvalue weighted by Gasteiger charge is 2.29. The molecule has 4 rings (SSSR count). The summed E-state index contributed by atoms with van der Waals surface area (Å²) in [5, 5.41) is 15.8. The molecule has 0 bridgehead atoms. The molecule has 9 heteroatoms. The minimum Gasteiger partial charge on any atom is -0.480 e. The molecule has 170 valence electrons. The highest BCUT2D eigenvalue weighted by atomic mass is 16.5. The minimum atomic E-state index is -1.12. The number of carbonyl (C=O) groups is 3. The van der Waals surface area contributed by atoms with Gasteiger partial charge in [0.25, 0.3) is 5.91 Å². The van der Waals surface area contributed by atoms with Gasteiger partial charge < -0.3 is 14.7 Å². The van der Waals surface area contributed by atoms with Gasteiger partial charge in [-0.1, -0.05) is 48.5 Å². The highest BCUT2D eigenvalue weighted by Crippen LogP contribution is 2.44. The van der Waals surface area contributed by atoms with Gasteiger partial charge in [0, 0.05) is 26.1 Å². The maximum atomic E-state index is 12.6. The van der Waals surface area contributed by atoms with E-state index in [1.165, 1.54) is 31.8 Å². The van der Waals surface area contributed by atoms with Gasteiger partial charge in [-0.05, 0) is 29.2 Å². The van der Waals surface area contributed by atoms with E-state index in [4.69, 9.17) is 9.84 Å². The number of aromatic nitrogens is 2. The summed E-state index contributed by atoms with van der Waals surface area (Å²) in [4.78, 5) is 37.3. The molecule has 33 heavy (non-hydrogen) atoms. The molecule has 0 spiro atoms. The Hall–Kier alpha value is -4.14. The number of carbonyl (C=O) groups excluding carboxylic acids is 2. The van der Waals surface area contributed by atoms with Crippen molar-refractivity contribution in [1.82, 2.24) is 14.7 Å². The number of benzene rings is 2. The van der Waals surface area contributed by atoms with Crippen LogP contribution in [0, 0.1) is 0 Å². The first-order valence-corrected chi connectivity index (χ1v) is 10.4. The van der Waals surface area contributed by atoms with Crippen LogP contribution < -0.4 is 5.32 Å². The van der Waals surface area contributed by atoms with E-state index in [-0.39, 0.29) is 24.0 Å². The Morgan fingerprint density at radius 1 is 1.12 bits per heavy atom. The van der Waals surface area contributed by atoms with E-state index in [0.29, 0.717) is 0 Å². The lowest BCUT2D eigenvalue weighted by molar-refractivity contribution is -0.141. The number of rotatable bonds is 6. The standard InChI is InChI=1S/C24H24N4O5/c1-14(23(30)31)27(2)22(29)20-12-21(26-28(20)3)25-24(32)33-13-19-17-10-6-4-8-15(17)16-9-5-7-11-18(16)19/h4-12,14,19H,13H2,1-3H3,(H,30,31)(H,25,26,32). The predicted molar refractivity (Wildman–Crippen MR) is 121 cm³/mol. The molecular formula is C24H24N4O5. The third kappa shape index (κ3) is 4.17. The molecule has 1 aliphatic carbocycles. The Morgan fingerprint density at radius 3 is 2.27 bits per heavy atom. The van der Waals surface area contributed by atoms with Crippen LogP contribution in [0.25, 0.3) is 11.1 Å². The quantitative estimate of drug-likeness (QED) is 0.598. The van der Waals surface area contributed by atoms with Crippen LogP contribution in [-0.2, 0) is 16.6 Å². The Balaban J connectivity index is 1.43. The molecule has 3 aromatic rings. The predicted octanol–water partition coefficient (Wildman–Crippen LogP) is 3.33. The van der Waals surface area contributed by atoms with Gasteiger partial charge in [-0.15, -0.1) is 0 Å². The molecule has 1 heterocycles. The fourth-order valence-corrected chi connectivity index (χ4v) is 3.99. The lowest BCUT2D eigenvalue weighted by Gasteiger charge is -2.21. The third-order valence-electron chi connectivity index (χ3n) is 5.93. The minimum absolute atomic E-state index is 0.0739. The number of carboxylic acids is 1. The molecule has 2 aromatic carbocycles. The summed E-state index contributed by atoms with van der Waals surface area (Å²) in [5.41, 5.74) is 4.62. The number of aryl methyl sites for hydroxylation is 1. The number of amides is 2. The van der Waals surface area contributed by atoms with Crippen LogP contribution in [0.3, 0.4) is 0 Å². The summed E-state index contributed by atoms with van der Waals surface area (Å²) in [5.74, 6) is -1.59. The average molecular weight is 448 g/mol. The summed E-state index contributed by atoms with van der Waals surface area (Å²) < 4.78 is 6.78. The summed E-state index contributed by atoms with van der Waals surface area (Å²) in [6.07, 6.45) is -0.693. The van der Waals surface area contributed by atoms with E-state index >= 15 is 0 Å². The number of nitrogens with zero attached hydrogens (tertiary/aromatic N) is 3. The summed E-state index contributed by atoms with van der Waals surface area (Å²) >= 11 is 0. The topological polar surface area (TPSA) is 114 Å². The molecule has 0 saturated heterocycles. The first-order chi connectivity index (χ1) is 15.8. The molecule has 1 aromatic heterocycles. The average Bonchev–Trinajstić information content (AvgIpc) is 3.33. The molecule has 9 nitrogen and oxygen atoms in total. The molecule has 1 unspecified atom stereocenters. The van der Waals surface area contributed by atoms with Gasteiger partial charge in [-0.2, -0.15) is 5.10 Å². The Bertz CT molecular complexity index is 1190. The van der Waals surface area contributed by atoms with Crippen molar-refractivity contribution in [3.8, 4) is 11.1 Å². The number of hydrogen-bond donors (Lipinski definition) is 2. The zero-order valence-corrected chi connectivity index (χ0v) is 18.5. The first-order valence-electron chi connectivity index (χ1n) is 10.4. The number of fused-ring (bicyclic) bond motifs is 3. The van der Waals surface area contributed by atoms with Crippen molar-refractivity contribution in [3.05, 3.63) is 71.4 Å². The summed E-state index contributed by atoms with van der Waals surface area (Å²) in [6, 6.07) is 16.5. The van der Waals surface area contributed by atoms with Crippen molar-refractivity contribution in [2.75, 3.05) is 19.0 Å². The lowest BCUT2D eigenvalue weighted by atomic mass is 9.98. The molecular weight excluding hydrogens is 424 g/mol. The number of ether oxygens (including phenoxy) is 1. The van der Waals surface area contributed by atoms with E-state index in [9.17, 15) is 14.4 Å². The Labute approximate surface area is 190 Å². The van der Waals surface area contributed by atoms with Crippen molar-refractivity contribution in [3.63, 3.8) is 0 Å². The van der Waals surface area contributed by atoms with Gasteiger partial charge in [0.2, 0.25) is 0 Å². The number of aliphatic carboxylic acids is 1. The van der Waals surface area contributed by atoms with Crippen LogP contribution in [0.2, 0.25) is 0 Å². The zero-order valence-electron chi connectivity index (χ0n) is 18.5. The van der Waals surface area contributed by atoms with Crippen molar-refractivity contribution < 1.29 is 24.2 Å². The van der Waals surface area contributed by atoms with Crippen LogP contribution in [-0.4, -0.2) is 57.5 Å². The van der Waals surface area contributed by atoms with E-state index in [1.54, 1.807) is 0 Å². The number of nitrogens with one attached hydrogen (secondary N) is 1. The monoisotopic (exact) mass is 448 g/mol. The van der Waals surface area contributed by atoms with E-state index in [0.717, 1.165) is 27.2 Å². The Kier molecular flexibility index (Phi) is 5.87. The van der Waals surface area contributed by atoms with Crippen molar-refractivity contribution in [1.29, 1.82) is 0 Å². The third-order valence-corrected chi connectivity index (χ3v) is 5.93. The van der Waals surface area contributed by atoms with Gasteiger partial charge in [0.05, 0.1) is 0 Å². The molecule has 0 aliphatic heterocycles. The number of carboxylic acid groups (broad SMARTS) is 1. The maximum Gasteiger partial charge on any atom is 0.412 e. The molecule has 0 radical (unpaired) electrons. The highest BCUT2D eigenvalue weighted by molar-refractivity contribution is 5.96. The molecule has 0 fully saturated rings. The van der Waals surface area contributed by atoms with Gasteiger partial charge in [-0.25, -0.2) is 9.59 Å². The number of hydrogen-bond acceptors (Lipinski definition) is 5. The zero-order chi connectivity index (χ0) is 23.7. The summed E-state index contributed by atoms with van der Waals surface area (Å²) in [7, 11) is 2.93. The lowest BCUT2D eigenvalue weighted by Crippen LogP contribution is -2.40. The van der Waals surface area contributed by atoms with Crippen molar-refractivity contribution in [2.45, 2.75) is 18.9 Å². The second-order valence-corrected chi connectivity index (χ2v) is 7.92. The van der Waals surface area contributed by atoms with Crippen LogP contribution in [0.15, 0.2) is 54.6 Å².